The Hall–Kier alpha value is -1.04. The van der Waals surface area contributed by atoms with Crippen molar-refractivity contribution in [3.8, 4) is 11.5 Å². The van der Waals surface area contributed by atoms with E-state index in [0.29, 0.717) is 6.42 Å². The predicted octanol–water partition coefficient (Wildman–Crippen LogP) is -2.17. The molecule has 2 aliphatic heterocycles. The van der Waals surface area contributed by atoms with E-state index < -0.39 is 6.10 Å². The van der Waals surface area contributed by atoms with Gasteiger partial charge in [0.15, 0.2) is 11.5 Å². The molecule has 1 spiro atoms. The molecule has 2 heterocycles. The molecule has 23 heavy (non-hydrogen) atoms. The molecule has 4 rings (SSSR count). The molecule has 0 saturated carbocycles. The van der Waals surface area contributed by atoms with Gasteiger partial charge in [-0.2, -0.15) is 0 Å². The molecule has 4 nitrogen and oxygen atoms in total. The molecule has 4 atom stereocenters. The second-order valence-corrected chi connectivity index (χ2v) is 6.72. The summed E-state index contributed by atoms with van der Waals surface area (Å²) >= 11 is 0. The van der Waals surface area contributed by atoms with Gasteiger partial charge in [-0.25, -0.2) is 0 Å². The fourth-order valence-corrected chi connectivity index (χ4v) is 4.39. The molecule has 1 aromatic rings. The van der Waals surface area contributed by atoms with Crippen LogP contribution in [0.4, 0.5) is 0 Å². The van der Waals surface area contributed by atoms with Crippen LogP contribution in [0.2, 0.25) is 0 Å². The highest BCUT2D eigenvalue weighted by molar-refractivity contribution is 5.60. The van der Waals surface area contributed by atoms with Crippen LogP contribution in [0.3, 0.4) is 0 Å². The lowest BCUT2D eigenvalue weighted by molar-refractivity contribution is -0.912. The first-order chi connectivity index (χ1) is 10.7. The highest BCUT2D eigenvalue weighted by Crippen LogP contribution is 2.54. The quantitative estimate of drug-likeness (QED) is 0.573. The molecule has 0 saturated heterocycles. The van der Waals surface area contributed by atoms with Gasteiger partial charge in [0.05, 0.1) is 31.7 Å². The SMILES string of the molecule is CC[NH+]1CCC23C=CC(O)C[C@H]2Oc2c(OC)ccc(c23)C1.[Br-]. The maximum Gasteiger partial charge on any atom is 0.166 e. The molecule has 3 aliphatic rings. The van der Waals surface area contributed by atoms with Gasteiger partial charge in [0.1, 0.15) is 12.6 Å². The van der Waals surface area contributed by atoms with E-state index in [1.54, 1.807) is 12.0 Å². The average Bonchev–Trinajstić information content (AvgIpc) is 2.76. The standard InChI is InChI=1S/C18H23NO3.BrH/c1-3-19-9-8-18-7-6-13(20)10-15(18)22-17-14(21-2)5-4-12(11-19)16(17)18;/h4-7,13,15,20H,3,8-11H2,1-2H3;1H/t13?,15-,18?;/m1./s1. The Labute approximate surface area is 147 Å². The van der Waals surface area contributed by atoms with Gasteiger partial charge in [-0.15, -0.1) is 0 Å². The summed E-state index contributed by atoms with van der Waals surface area (Å²) in [5.41, 5.74) is 2.59. The largest absolute Gasteiger partial charge is 1.00 e. The maximum atomic E-state index is 10.0. The van der Waals surface area contributed by atoms with Crippen LogP contribution in [0.25, 0.3) is 0 Å². The number of benzene rings is 1. The van der Waals surface area contributed by atoms with Crippen LogP contribution in [0, 0.1) is 0 Å². The van der Waals surface area contributed by atoms with E-state index in [1.165, 1.54) is 11.1 Å². The zero-order chi connectivity index (χ0) is 15.3. The van der Waals surface area contributed by atoms with Gasteiger partial charge in [-0.05, 0) is 19.1 Å². The lowest BCUT2D eigenvalue weighted by Gasteiger charge is -2.35. The molecule has 0 fully saturated rings. The fourth-order valence-electron chi connectivity index (χ4n) is 4.39. The second-order valence-electron chi connectivity index (χ2n) is 6.72. The van der Waals surface area contributed by atoms with Crippen LogP contribution in [0.1, 0.15) is 30.9 Å². The number of hydrogen-bond donors (Lipinski definition) is 2. The van der Waals surface area contributed by atoms with Gasteiger partial charge in [-0.1, -0.05) is 12.2 Å². The Morgan fingerprint density at radius 3 is 3.00 bits per heavy atom. The molecule has 0 aromatic heterocycles. The first kappa shape index (κ1) is 16.8. The number of quaternary nitrogens is 1. The molecule has 3 unspecified atom stereocenters. The van der Waals surface area contributed by atoms with Crippen molar-refractivity contribution in [1.82, 2.24) is 0 Å². The molecule has 1 aliphatic carbocycles. The normalized spacial score (nSPS) is 33.8. The molecule has 1 aromatic carbocycles. The van der Waals surface area contributed by atoms with Gasteiger partial charge in [-0.3, -0.25) is 0 Å². The predicted molar refractivity (Wildman–Crippen MR) is 83.5 cm³/mol. The van der Waals surface area contributed by atoms with E-state index in [4.69, 9.17) is 9.47 Å². The minimum atomic E-state index is -0.405. The molecule has 2 N–H and O–H groups in total. The Kier molecular flexibility index (Phi) is 4.47. The third-order valence-electron chi connectivity index (χ3n) is 5.63. The van der Waals surface area contributed by atoms with E-state index in [9.17, 15) is 5.11 Å². The smallest absolute Gasteiger partial charge is 0.166 e. The van der Waals surface area contributed by atoms with Gasteiger partial charge in [0.25, 0.3) is 0 Å². The number of rotatable bonds is 2. The van der Waals surface area contributed by atoms with Crippen LogP contribution in [-0.2, 0) is 12.0 Å². The van der Waals surface area contributed by atoms with Crippen molar-refractivity contribution in [3.05, 3.63) is 35.4 Å². The maximum absolute atomic E-state index is 10.0. The number of methoxy groups -OCH3 is 1. The second kappa shape index (κ2) is 6.11. The Morgan fingerprint density at radius 1 is 1.43 bits per heavy atom. The Balaban J connectivity index is 0.00000156. The zero-order valence-corrected chi connectivity index (χ0v) is 15.2. The minimum Gasteiger partial charge on any atom is -1.00 e. The summed E-state index contributed by atoms with van der Waals surface area (Å²) in [5.74, 6) is 1.72. The number of halogens is 1. The number of ether oxygens (including phenoxy) is 2. The van der Waals surface area contributed by atoms with Crippen LogP contribution >= 0.6 is 0 Å². The molecule has 0 radical (unpaired) electrons. The van der Waals surface area contributed by atoms with Crippen molar-refractivity contribution in [1.29, 1.82) is 0 Å². The highest BCUT2D eigenvalue weighted by atomic mass is 79.9. The third kappa shape index (κ3) is 2.41. The van der Waals surface area contributed by atoms with Crippen molar-refractivity contribution in [2.45, 2.75) is 43.9 Å². The van der Waals surface area contributed by atoms with Gasteiger partial charge < -0.3 is 36.5 Å². The summed E-state index contributed by atoms with van der Waals surface area (Å²) in [6.07, 6.45) is 5.51. The van der Waals surface area contributed by atoms with E-state index >= 15 is 0 Å². The summed E-state index contributed by atoms with van der Waals surface area (Å²) in [5, 5.41) is 10.0. The Morgan fingerprint density at radius 2 is 2.26 bits per heavy atom. The van der Waals surface area contributed by atoms with Crippen LogP contribution < -0.4 is 31.4 Å². The summed E-state index contributed by atoms with van der Waals surface area (Å²) in [7, 11) is 1.70. The van der Waals surface area contributed by atoms with Gasteiger partial charge in [0.2, 0.25) is 0 Å². The van der Waals surface area contributed by atoms with Gasteiger partial charge in [0, 0.05) is 24.0 Å². The summed E-state index contributed by atoms with van der Waals surface area (Å²) in [4.78, 5) is 1.61. The molecule has 126 valence electrons. The van der Waals surface area contributed by atoms with Crippen molar-refractivity contribution in [2.75, 3.05) is 20.2 Å². The molecular formula is C18H24BrNO3. The van der Waals surface area contributed by atoms with Crippen molar-refractivity contribution < 1.29 is 36.5 Å². The van der Waals surface area contributed by atoms with Crippen molar-refractivity contribution >= 4 is 0 Å². The highest BCUT2D eigenvalue weighted by Gasteiger charge is 2.53. The fraction of sp³-hybridized carbons (Fsp3) is 0.556. The first-order valence-electron chi connectivity index (χ1n) is 8.26. The first-order valence-corrected chi connectivity index (χ1v) is 8.26. The van der Waals surface area contributed by atoms with E-state index in [2.05, 4.69) is 19.1 Å². The lowest BCUT2D eigenvalue weighted by Crippen LogP contribution is -3.10. The topological polar surface area (TPSA) is 43.1 Å². The summed E-state index contributed by atoms with van der Waals surface area (Å²) < 4.78 is 11.8. The lowest BCUT2D eigenvalue weighted by atomic mass is 9.69. The number of aliphatic hydroxyl groups is 1. The van der Waals surface area contributed by atoms with E-state index in [1.807, 2.05) is 12.1 Å². The van der Waals surface area contributed by atoms with Crippen LogP contribution in [-0.4, -0.2) is 37.5 Å². The molecule has 5 heteroatoms. The number of aliphatic hydroxyl groups excluding tert-OH is 1. The van der Waals surface area contributed by atoms with Gasteiger partial charge >= 0.3 is 0 Å². The van der Waals surface area contributed by atoms with Crippen LogP contribution in [0.15, 0.2) is 24.3 Å². The van der Waals surface area contributed by atoms with Crippen LogP contribution in [0.5, 0.6) is 11.5 Å². The van der Waals surface area contributed by atoms with Crippen molar-refractivity contribution in [3.63, 3.8) is 0 Å². The average molecular weight is 382 g/mol. The van der Waals surface area contributed by atoms with E-state index in [-0.39, 0.29) is 28.5 Å². The molecule has 0 amide bonds. The summed E-state index contributed by atoms with van der Waals surface area (Å²) in [6.45, 7) is 5.55. The van der Waals surface area contributed by atoms with E-state index in [0.717, 1.165) is 37.6 Å². The Bertz CT molecular complexity index is 633. The minimum absolute atomic E-state index is 0. The summed E-state index contributed by atoms with van der Waals surface area (Å²) in [6, 6.07) is 4.23. The number of nitrogens with one attached hydrogen (secondary N) is 1. The third-order valence-corrected chi connectivity index (χ3v) is 5.63. The zero-order valence-electron chi connectivity index (χ0n) is 13.6. The number of hydrogen-bond acceptors (Lipinski definition) is 3. The van der Waals surface area contributed by atoms with Crippen molar-refractivity contribution in [2.24, 2.45) is 0 Å². The molecule has 0 bridgehead atoms. The molecular weight excluding hydrogens is 358 g/mol. The monoisotopic (exact) mass is 381 g/mol.